The summed E-state index contributed by atoms with van der Waals surface area (Å²) in [5, 5.41) is 12.0. The Labute approximate surface area is 117 Å². The Bertz CT molecular complexity index is 558. The molecule has 0 spiro atoms. The van der Waals surface area contributed by atoms with Gasteiger partial charge in [0, 0.05) is 24.4 Å². The minimum Gasteiger partial charge on any atom is -0.508 e. The molecular formula is C15H16N2O3. The number of phenolic OH excluding ortho intramolecular Hbond substituents is 1. The number of pyridine rings is 1. The Hall–Kier alpha value is -2.56. The van der Waals surface area contributed by atoms with Crippen molar-refractivity contribution >= 4 is 11.6 Å². The number of nitrogens with zero attached hydrogens (tertiary/aromatic N) is 1. The van der Waals surface area contributed by atoms with Crippen LogP contribution in [0.5, 0.6) is 11.5 Å². The van der Waals surface area contributed by atoms with Crippen LogP contribution >= 0.6 is 0 Å². The topological polar surface area (TPSA) is 71.5 Å². The molecule has 0 saturated heterocycles. The monoisotopic (exact) mass is 272 g/mol. The van der Waals surface area contributed by atoms with Gasteiger partial charge < -0.3 is 15.2 Å². The fourth-order valence-corrected chi connectivity index (χ4v) is 1.66. The molecule has 0 fully saturated rings. The summed E-state index contributed by atoms with van der Waals surface area (Å²) in [4.78, 5) is 15.6. The molecule has 5 nitrogen and oxygen atoms in total. The van der Waals surface area contributed by atoms with Crippen LogP contribution < -0.4 is 10.1 Å². The first-order valence-electron chi connectivity index (χ1n) is 6.36. The Morgan fingerprint density at radius 2 is 2.20 bits per heavy atom. The highest BCUT2D eigenvalue weighted by Crippen LogP contribution is 2.15. The van der Waals surface area contributed by atoms with Gasteiger partial charge in [0.1, 0.15) is 11.5 Å². The zero-order valence-electron chi connectivity index (χ0n) is 11.0. The molecule has 0 radical (unpaired) electrons. The molecule has 0 aliphatic heterocycles. The Kier molecular flexibility index (Phi) is 4.94. The number of carbonyl (C=O) groups excluding carboxylic acids is 1. The van der Waals surface area contributed by atoms with Crippen LogP contribution in [0.4, 0.5) is 5.69 Å². The van der Waals surface area contributed by atoms with Gasteiger partial charge >= 0.3 is 0 Å². The maximum Gasteiger partial charge on any atom is 0.224 e. The zero-order chi connectivity index (χ0) is 14.2. The molecule has 0 bridgehead atoms. The van der Waals surface area contributed by atoms with Gasteiger partial charge in [-0.3, -0.25) is 9.78 Å². The van der Waals surface area contributed by atoms with Crippen LogP contribution in [0.2, 0.25) is 0 Å². The number of carbonyl (C=O) groups is 1. The summed E-state index contributed by atoms with van der Waals surface area (Å²) in [5.41, 5.74) is 0.586. The van der Waals surface area contributed by atoms with Gasteiger partial charge in [0.05, 0.1) is 12.8 Å². The highest BCUT2D eigenvalue weighted by Gasteiger charge is 2.03. The minimum atomic E-state index is -0.106. The van der Waals surface area contributed by atoms with Gasteiger partial charge in [0.2, 0.25) is 5.91 Å². The molecule has 2 aromatic rings. The number of hydrogen-bond acceptors (Lipinski definition) is 4. The van der Waals surface area contributed by atoms with Gasteiger partial charge in [-0.05, 0) is 30.7 Å². The average molecular weight is 272 g/mol. The molecule has 1 heterocycles. The van der Waals surface area contributed by atoms with Crippen molar-refractivity contribution in [2.24, 2.45) is 0 Å². The zero-order valence-corrected chi connectivity index (χ0v) is 11.0. The van der Waals surface area contributed by atoms with Gasteiger partial charge in [-0.1, -0.05) is 6.07 Å². The molecule has 5 heteroatoms. The number of phenols is 1. The van der Waals surface area contributed by atoms with Gasteiger partial charge in [-0.25, -0.2) is 0 Å². The number of amides is 1. The minimum absolute atomic E-state index is 0.106. The van der Waals surface area contributed by atoms with E-state index >= 15 is 0 Å². The number of nitrogens with one attached hydrogen (secondary N) is 1. The second kappa shape index (κ2) is 7.13. The summed E-state index contributed by atoms with van der Waals surface area (Å²) in [6.45, 7) is 0.457. The van der Waals surface area contributed by atoms with Gasteiger partial charge in [0.25, 0.3) is 0 Å². The summed E-state index contributed by atoms with van der Waals surface area (Å²) in [7, 11) is 0. The number of benzene rings is 1. The maximum atomic E-state index is 11.7. The van der Waals surface area contributed by atoms with E-state index in [9.17, 15) is 9.90 Å². The van der Waals surface area contributed by atoms with E-state index in [0.29, 0.717) is 30.9 Å². The molecule has 0 aliphatic carbocycles. The fourth-order valence-electron chi connectivity index (χ4n) is 1.66. The van der Waals surface area contributed by atoms with Crippen molar-refractivity contribution in [1.82, 2.24) is 4.98 Å². The summed E-state index contributed by atoms with van der Waals surface area (Å²) in [6.07, 6.45) is 4.28. The second-order valence-corrected chi connectivity index (χ2v) is 4.24. The Morgan fingerprint density at radius 1 is 1.30 bits per heavy atom. The van der Waals surface area contributed by atoms with E-state index in [1.54, 1.807) is 36.7 Å². The third-order valence-electron chi connectivity index (χ3n) is 2.58. The normalized spacial score (nSPS) is 10.0. The number of hydrogen-bond donors (Lipinski definition) is 2. The molecule has 2 rings (SSSR count). The van der Waals surface area contributed by atoms with Gasteiger partial charge in [0.15, 0.2) is 0 Å². The van der Waals surface area contributed by atoms with Crippen molar-refractivity contribution in [3.05, 3.63) is 48.8 Å². The lowest BCUT2D eigenvalue weighted by molar-refractivity contribution is -0.116. The van der Waals surface area contributed by atoms with Crippen LogP contribution in [0.25, 0.3) is 0 Å². The number of rotatable bonds is 6. The quantitative estimate of drug-likeness (QED) is 0.793. The van der Waals surface area contributed by atoms with Crippen molar-refractivity contribution < 1.29 is 14.6 Å². The SMILES string of the molecule is O=C(CCCOc1cccnc1)Nc1cccc(O)c1. The summed E-state index contributed by atoms with van der Waals surface area (Å²) in [5.74, 6) is 0.717. The average Bonchev–Trinajstić information content (AvgIpc) is 2.45. The smallest absolute Gasteiger partial charge is 0.224 e. The van der Waals surface area contributed by atoms with Crippen LogP contribution in [-0.2, 0) is 4.79 Å². The van der Waals surface area contributed by atoms with Crippen LogP contribution in [0.1, 0.15) is 12.8 Å². The van der Waals surface area contributed by atoms with E-state index in [4.69, 9.17) is 4.74 Å². The van der Waals surface area contributed by atoms with Crippen LogP contribution in [-0.4, -0.2) is 22.6 Å². The standard InChI is InChI=1S/C15H16N2O3/c18-13-5-1-4-12(10-13)17-15(19)7-3-9-20-14-6-2-8-16-11-14/h1-2,4-6,8,10-11,18H,3,7,9H2,(H,17,19). The van der Waals surface area contributed by atoms with E-state index in [0.717, 1.165) is 0 Å². The maximum absolute atomic E-state index is 11.7. The molecule has 2 N–H and O–H groups in total. The fraction of sp³-hybridized carbons (Fsp3) is 0.200. The van der Waals surface area contributed by atoms with Gasteiger partial charge in [-0.15, -0.1) is 0 Å². The number of aromatic hydroxyl groups is 1. The molecule has 1 amide bonds. The van der Waals surface area contributed by atoms with Crippen LogP contribution in [0.15, 0.2) is 48.8 Å². The first-order chi connectivity index (χ1) is 9.74. The number of aromatic nitrogens is 1. The molecule has 104 valence electrons. The first kappa shape index (κ1) is 13.9. The predicted octanol–water partition coefficient (Wildman–Crippen LogP) is 2.58. The van der Waals surface area contributed by atoms with E-state index in [1.807, 2.05) is 6.07 Å². The van der Waals surface area contributed by atoms with Crippen LogP contribution in [0, 0.1) is 0 Å². The van der Waals surface area contributed by atoms with Crippen molar-refractivity contribution in [2.75, 3.05) is 11.9 Å². The highest BCUT2D eigenvalue weighted by molar-refractivity contribution is 5.90. The third-order valence-corrected chi connectivity index (χ3v) is 2.58. The van der Waals surface area contributed by atoms with Crippen molar-refractivity contribution in [2.45, 2.75) is 12.8 Å². The molecule has 0 unspecified atom stereocenters. The van der Waals surface area contributed by atoms with E-state index in [-0.39, 0.29) is 11.7 Å². The van der Waals surface area contributed by atoms with E-state index in [1.165, 1.54) is 6.07 Å². The highest BCUT2D eigenvalue weighted by atomic mass is 16.5. The number of ether oxygens (including phenoxy) is 1. The molecule has 0 atom stereocenters. The third kappa shape index (κ3) is 4.61. The molecule has 1 aromatic carbocycles. The summed E-state index contributed by atoms with van der Waals surface area (Å²) < 4.78 is 5.44. The predicted molar refractivity (Wildman–Crippen MR) is 75.7 cm³/mol. The van der Waals surface area contributed by atoms with Gasteiger partial charge in [-0.2, -0.15) is 0 Å². The summed E-state index contributed by atoms with van der Waals surface area (Å²) >= 11 is 0. The van der Waals surface area contributed by atoms with Crippen molar-refractivity contribution in [3.8, 4) is 11.5 Å². The first-order valence-corrected chi connectivity index (χ1v) is 6.36. The van der Waals surface area contributed by atoms with E-state index < -0.39 is 0 Å². The summed E-state index contributed by atoms with van der Waals surface area (Å²) in [6, 6.07) is 10.1. The lowest BCUT2D eigenvalue weighted by Gasteiger charge is -2.07. The second-order valence-electron chi connectivity index (χ2n) is 4.24. The van der Waals surface area contributed by atoms with E-state index in [2.05, 4.69) is 10.3 Å². The molecule has 20 heavy (non-hydrogen) atoms. The van der Waals surface area contributed by atoms with Crippen molar-refractivity contribution in [3.63, 3.8) is 0 Å². The Morgan fingerprint density at radius 3 is 2.95 bits per heavy atom. The molecule has 1 aromatic heterocycles. The van der Waals surface area contributed by atoms with Crippen molar-refractivity contribution in [1.29, 1.82) is 0 Å². The molecule has 0 saturated carbocycles. The lowest BCUT2D eigenvalue weighted by Crippen LogP contribution is -2.12. The molecular weight excluding hydrogens is 256 g/mol. The Balaban J connectivity index is 1.68. The molecule has 0 aliphatic rings. The van der Waals surface area contributed by atoms with Crippen LogP contribution in [0.3, 0.4) is 0 Å². The largest absolute Gasteiger partial charge is 0.508 e. The number of anilines is 1. The lowest BCUT2D eigenvalue weighted by atomic mass is 10.2.